The van der Waals surface area contributed by atoms with E-state index in [1.54, 1.807) is 0 Å². The highest BCUT2D eigenvalue weighted by Crippen LogP contribution is 2.17. The first kappa shape index (κ1) is 6.49. The summed E-state index contributed by atoms with van der Waals surface area (Å²) >= 11 is 3.15. The van der Waals surface area contributed by atoms with Gasteiger partial charge in [-0.25, -0.2) is 4.39 Å². The molecule has 48 valence electrons. The lowest BCUT2D eigenvalue weighted by molar-refractivity contribution is 0.0971. The largest absolute Gasteiger partial charge is 0.374 e. The minimum Gasteiger partial charge on any atom is -0.374 e. The van der Waals surface area contributed by atoms with E-state index in [2.05, 4.69) is 15.9 Å². The fourth-order valence-electron chi connectivity index (χ4n) is 0.764. The van der Waals surface area contributed by atoms with Gasteiger partial charge in [0.1, 0.15) is 6.17 Å². The zero-order chi connectivity index (χ0) is 5.98. The van der Waals surface area contributed by atoms with Crippen molar-refractivity contribution in [2.24, 2.45) is 0 Å². The highest BCUT2D eigenvalue weighted by atomic mass is 79.9. The highest BCUT2D eigenvalue weighted by Gasteiger charge is 2.26. The van der Waals surface area contributed by atoms with Gasteiger partial charge in [0.25, 0.3) is 0 Å². The Bertz CT molecular complexity index is 78.8. The summed E-state index contributed by atoms with van der Waals surface area (Å²) in [4.78, 5) is 0. The smallest absolute Gasteiger partial charge is 0.129 e. The van der Waals surface area contributed by atoms with Gasteiger partial charge < -0.3 is 4.74 Å². The van der Waals surface area contributed by atoms with Crippen molar-refractivity contribution in [2.75, 3.05) is 11.9 Å². The quantitative estimate of drug-likeness (QED) is 0.560. The molecule has 1 aliphatic heterocycles. The van der Waals surface area contributed by atoms with Crippen molar-refractivity contribution < 1.29 is 9.13 Å². The molecule has 1 aliphatic rings. The second-order valence-electron chi connectivity index (χ2n) is 1.87. The van der Waals surface area contributed by atoms with E-state index >= 15 is 0 Å². The molecule has 1 saturated heterocycles. The first-order valence-corrected chi connectivity index (χ1v) is 3.78. The highest BCUT2D eigenvalue weighted by molar-refractivity contribution is 9.09. The average Bonchev–Trinajstić information content (AvgIpc) is 2.14. The van der Waals surface area contributed by atoms with E-state index in [0.717, 1.165) is 0 Å². The van der Waals surface area contributed by atoms with Crippen LogP contribution in [0.15, 0.2) is 0 Å². The summed E-state index contributed by atoms with van der Waals surface area (Å²) in [6, 6.07) is 0. The Hall–Kier alpha value is 0.370. The lowest BCUT2D eigenvalue weighted by atomic mass is 10.2. The third-order valence-electron chi connectivity index (χ3n) is 1.28. The normalized spacial score (nSPS) is 38.2. The first-order valence-electron chi connectivity index (χ1n) is 2.66. The standard InChI is InChI=1S/C5H8BrFO/c6-3-5-4(7)1-2-8-5/h4-5H,1-3H2/t4-,5+/m1/s1. The predicted octanol–water partition coefficient (Wildman–Crippen LogP) is 1.51. The van der Waals surface area contributed by atoms with Crippen LogP contribution >= 0.6 is 15.9 Å². The summed E-state index contributed by atoms with van der Waals surface area (Å²) in [6.45, 7) is 0.581. The Morgan fingerprint density at radius 3 is 2.75 bits per heavy atom. The van der Waals surface area contributed by atoms with Gasteiger partial charge >= 0.3 is 0 Å². The molecule has 1 heterocycles. The maximum Gasteiger partial charge on any atom is 0.129 e. The second-order valence-corrected chi connectivity index (χ2v) is 2.52. The van der Waals surface area contributed by atoms with Crippen LogP contribution in [0, 0.1) is 0 Å². The second kappa shape index (κ2) is 2.78. The molecular weight excluding hydrogens is 175 g/mol. The minimum atomic E-state index is -0.741. The van der Waals surface area contributed by atoms with E-state index in [4.69, 9.17) is 4.74 Å². The van der Waals surface area contributed by atoms with E-state index in [0.29, 0.717) is 18.4 Å². The summed E-state index contributed by atoms with van der Waals surface area (Å²) in [7, 11) is 0. The minimum absolute atomic E-state index is 0.185. The molecule has 0 spiro atoms. The van der Waals surface area contributed by atoms with E-state index in [1.165, 1.54) is 0 Å². The summed E-state index contributed by atoms with van der Waals surface area (Å²) in [5, 5.41) is 0.619. The van der Waals surface area contributed by atoms with Gasteiger partial charge in [-0.1, -0.05) is 15.9 Å². The monoisotopic (exact) mass is 182 g/mol. The summed E-state index contributed by atoms with van der Waals surface area (Å²) in [5.41, 5.74) is 0. The molecule has 1 rings (SSSR count). The van der Waals surface area contributed by atoms with Crippen molar-refractivity contribution >= 4 is 15.9 Å². The van der Waals surface area contributed by atoms with Gasteiger partial charge in [0.05, 0.1) is 6.10 Å². The van der Waals surface area contributed by atoms with Gasteiger partial charge in [-0.2, -0.15) is 0 Å². The maximum absolute atomic E-state index is 12.4. The molecular formula is C5H8BrFO. The van der Waals surface area contributed by atoms with Gasteiger partial charge in [-0.15, -0.1) is 0 Å². The van der Waals surface area contributed by atoms with Gasteiger partial charge in [-0.3, -0.25) is 0 Å². The molecule has 0 amide bonds. The maximum atomic E-state index is 12.4. The molecule has 0 bridgehead atoms. The fourth-order valence-corrected chi connectivity index (χ4v) is 1.36. The van der Waals surface area contributed by atoms with Crippen LogP contribution in [0.1, 0.15) is 6.42 Å². The van der Waals surface area contributed by atoms with Crippen LogP contribution in [0.3, 0.4) is 0 Å². The van der Waals surface area contributed by atoms with Crippen LogP contribution in [0.4, 0.5) is 4.39 Å². The lowest BCUT2D eigenvalue weighted by Crippen LogP contribution is -2.17. The number of halogens is 2. The number of alkyl halides is 2. The Morgan fingerprint density at radius 2 is 2.50 bits per heavy atom. The van der Waals surface area contributed by atoms with Gasteiger partial charge in [0, 0.05) is 18.4 Å². The molecule has 1 nitrogen and oxygen atoms in total. The predicted molar refractivity (Wildman–Crippen MR) is 33.0 cm³/mol. The molecule has 0 radical (unpaired) electrons. The molecule has 0 saturated carbocycles. The van der Waals surface area contributed by atoms with E-state index in [9.17, 15) is 4.39 Å². The Balaban J connectivity index is 2.30. The third kappa shape index (κ3) is 1.20. The van der Waals surface area contributed by atoms with Crippen LogP contribution in [0.2, 0.25) is 0 Å². The molecule has 8 heavy (non-hydrogen) atoms. The number of rotatable bonds is 1. The molecule has 3 heteroatoms. The number of hydrogen-bond donors (Lipinski definition) is 0. The molecule has 0 N–H and O–H groups in total. The molecule has 0 aromatic heterocycles. The van der Waals surface area contributed by atoms with E-state index in [-0.39, 0.29) is 6.10 Å². The van der Waals surface area contributed by atoms with E-state index in [1.807, 2.05) is 0 Å². The summed E-state index contributed by atoms with van der Waals surface area (Å²) in [6.07, 6.45) is -0.361. The zero-order valence-electron chi connectivity index (χ0n) is 4.44. The van der Waals surface area contributed by atoms with Crippen LogP contribution in [-0.4, -0.2) is 24.2 Å². The lowest BCUT2D eigenvalue weighted by Gasteiger charge is -2.05. The Morgan fingerprint density at radius 1 is 1.75 bits per heavy atom. The van der Waals surface area contributed by atoms with Crippen molar-refractivity contribution in [1.29, 1.82) is 0 Å². The molecule has 0 unspecified atom stereocenters. The number of ether oxygens (including phenoxy) is 1. The molecule has 1 fully saturated rings. The molecule has 0 aromatic carbocycles. The van der Waals surface area contributed by atoms with Crippen LogP contribution < -0.4 is 0 Å². The van der Waals surface area contributed by atoms with Gasteiger partial charge in [0.2, 0.25) is 0 Å². The van der Waals surface area contributed by atoms with Gasteiger partial charge in [-0.05, 0) is 0 Å². The topological polar surface area (TPSA) is 9.23 Å². The first-order chi connectivity index (χ1) is 3.84. The van der Waals surface area contributed by atoms with Gasteiger partial charge in [0.15, 0.2) is 0 Å². The van der Waals surface area contributed by atoms with Crippen LogP contribution in [0.25, 0.3) is 0 Å². The molecule has 0 aromatic rings. The SMILES string of the molecule is F[C@@H]1CCO[C@H]1CBr. The Labute approximate surface area is 56.3 Å². The van der Waals surface area contributed by atoms with Crippen LogP contribution in [-0.2, 0) is 4.74 Å². The van der Waals surface area contributed by atoms with Crippen molar-refractivity contribution in [1.82, 2.24) is 0 Å². The zero-order valence-corrected chi connectivity index (χ0v) is 6.03. The van der Waals surface area contributed by atoms with Crippen molar-refractivity contribution in [3.8, 4) is 0 Å². The average molecular weight is 183 g/mol. The van der Waals surface area contributed by atoms with Crippen molar-refractivity contribution in [2.45, 2.75) is 18.7 Å². The van der Waals surface area contributed by atoms with Crippen LogP contribution in [0.5, 0.6) is 0 Å². The molecule has 0 aliphatic carbocycles. The summed E-state index contributed by atoms with van der Waals surface area (Å²) in [5.74, 6) is 0. The third-order valence-corrected chi connectivity index (χ3v) is 1.92. The molecule has 2 atom stereocenters. The Kier molecular flexibility index (Phi) is 2.26. The van der Waals surface area contributed by atoms with E-state index < -0.39 is 6.17 Å². The fraction of sp³-hybridized carbons (Fsp3) is 1.00. The van der Waals surface area contributed by atoms with Crippen molar-refractivity contribution in [3.05, 3.63) is 0 Å². The number of hydrogen-bond acceptors (Lipinski definition) is 1. The van der Waals surface area contributed by atoms with Crippen molar-refractivity contribution in [3.63, 3.8) is 0 Å². The summed E-state index contributed by atoms with van der Waals surface area (Å²) < 4.78 is 17.4.